The van der Waals surface area contributed by atoms with E-state index in [1.165, 1.54) is 83.5 Å². The van der Waals surface area contributed by atoms with Gasteiger partial charge in [-0.2, -0.15) is 0 Å². The zero-order valence-corrected chi connectivity index (χ0v) is 30.6. The van der Waals surface area contributed by atoms with E-state index in [1.54, 1.807) is 0 Å². The molecule has 0 heterocycles. The molecule has 258 valence electrons. The van der Waals surface area contributed by atoms with Crippen LogP contribution >= 0.6 is 0 Å². The van der Waals surface area contributed by atoms with Crippen LogP contribution in [0, 0.1) is 0 Å². The van der Waals surface area contributed by atoms with Gasteiger partial charge in [-0.1, -0.05) is 90.4 Å². The fraction of sp³-hybridized carbons (Fsp3) is 0.970. The molecule has 0 unspecified atom stereocenters. The third-order valence-electron chi connectivity index (χ3n) is 6.80. The largest absolute Gasteiger partial charge is 1.00 e. The smallest absolute Gasteiger partial charge is 0.550 e. The first kappa shape index (κ1) is 46.3. The summed E-state index contributed by atoms with van der Waals surface area (Å²) < 4.78 is 38.4. The molecule has 0 rings (SSSR count). The van der Waals surface area contributed by atoms with Gasteiger partial charge in [-0.25, -0.2) is 0 Å². The maximum atomic E-state index is 10.3. The second-order valence-corrected chi connectivity index (χ2v) is 10.8. The van der Waals surface area contributed by atoms with Gasteiger partial charge in [0.25, 0.3) is 0 Å². The summed E-state index contributed by atoms with van der Waals surface area (Å²) in [5, 5.41) is 13.2. The minimum Gasteiger partial charge on any atom is -0.550 e. The normalized spacial score (nSPS) is 11.2. The van der Waals surface area contributed by atoms with Crippen molar-refractivity contribution in [3.8, 4) is 0 Å². The zero-order valence-electron chi connectivity index (χ0n) is 28.6. The van der Waals surface area contributed by atoms with E-state index < -0.39 is 5.97 Å². The van der Waals surface area contributed by atoms with Crippen molar-refractivity contribution >= 4 is 5.97 Å². The average Bonchev–Trinajstić information content (AvgIpc) is 3.00. The number of carbonyl (C=O) groups is 1. The van der Waals surface area contributed by atoms with E-state index in [0.717, 1.165) is 13.0 Å². The Kier molecular flexibility index (Phi) is 45.4. The summed E-state index contributed by atoms with van der Waals surface area (Å²) in [5.74, 6) is -1.05. The van der Waals surface area contributed by atoms with Crippen molar-refractivity contribution in [1.82, 2.24) is 5.32 Å². The predicted molar refractivity (Wildman–Crippen MR) is 169 cm³/mol. The minimum absolute atomic E-state index is 0. The fourth-order valence-corrected chi connectivity index (χ4v) is 4.28. The van der Waals surface area contributed by atoms with Crippen LogP contribution in [0.5, 0.6) is 0 Å². The Labute approximate surface area is 291 Å². The van der Waals surface area contributed by atoms with Gasteiger partial charge in [-0.15, -0.1) is 0 Å². The number of carboxylic acids is 1. The van der Waals surface area contributed by atoms with E-state index >= 15 is 0 Å². The molecule has 0 aromatic heterocycles. The Balaban J connectivity index is 0. The summed E-state index contributed by atoms with van der Waals surface area (Å²) in [6.07, 6.45) is 19.2. The third-order valence-corrected chi connectivity index (χ3v) is 6.80. The molecule has 0 aliphatic carbocycles. The number of carboxylic acid groups (broad SMARTS) is 1. The van der Waals surface area contributed by atoms with E-state index in [9.17, 15) is 9.90 Å². The summed E-state index contributed by atoms with van der Waals surface area (Å²) in [6.45, 7) is 11.1. The maximum Gasteiger partial charge on any atom is 1.00 e. The molecule has 0 radical (unpaired) electrons. The summed E-state index contributed by atoms with van der Waals surface area (Å²) in [7, 11) is 0. The first-order valence-electron chi connectivity index (χ1n) is 17.2. The van der Waals surface area contributed by atoms with E-state index in [4.69, 9.17) is 33.2 Å². The standard InChI is InChI=1S/C33H67NO9.Na/c1-2-3-4-5-6-7-8-9-10-11-12-13-14-15-19-37-21-23-39-25-27-41-29-31-43-32-30-42-28-26-40-24-22-38-20-18-34-17-16-33(35)36;/h34H,2-32H2,1H3,(H,35,36);/q;+1/p-1. The van der Waals surface area contributed by atoms with E-state index in [1.807, 2.05) is 0 Å². The van der Waals surface area contributed by atoms with Crippen LogP contribution in [-0.2, 0) is 38.0 Å². The summed E-state index contributed by atoms with van der Waals surface area (Å²) in [5.41, 5.74) is 0. The van der Waals surface area contributed by atoms with Gasteiger partial charge in [0.2, 0.25) is 0 Å². The Morgan fingerprint density at radius 2 is 0.727 bits per heavy atom. The van der Waals surface area contributed by atoms with Crippen molar-refractivity contribution in [1.29, 1.82) is 0 Å². The minimum atomic E-state index is -1.05. The Hall–Kier alpha value is 0.150. The van der Waals surface area contributed by atoms with Gasteiger partial charge in [-0.3, -0.25) is 0 Å². The maximum absolute atomic E-state index is 10.3. The molecule has 0 bridgehead atoms. The zero-order chi connectivity index (χ0) is 31.2. The van der Waals surface area contributed by atoms with E-state index in [-0.39, 0.29) is 36.0 Å². The third kappa shape index (κ3) is 44.3. The number of carbonyl (C=O) groups excluding carboxylic acids is 1. The monoisotopic (exact) mass is 643 g/mol. The predicted octanol–water partition coefficient (Wildman–Crippen LogP) is 1.32. The molecule has 0 spiro atoms. The molecule has 0 fully saturated rings. The van der Waals surface area contributed by atoms with E-state index in [0.29, 0.717) is 99.0 Å². The van der Waals surface area contributed by atoms with Crippen LogP contribution in [0.4, 0.5) is 0 Å². The molecule has 44 heavy (non-hydrogen) atoms. The first-order chi connectivity index (χ1) is 21.3. The molecule has 0 aliphatic heterocycles. The Bertz CT molecular complexity index is 535. The van der Waals surface area contributed by atoms with Gasteiger partial charge in [-0.05, 0) is 12.8 Å². The number of hydrogen-bond donors (Lipinski definition) is 1. The van der Waals surface area contributed by atoms with Gasteiger partial charge >= 0.3 is 29.6 Å². The number of rotatable bonds is 39. The molecule has 10 nitrogen and oxygen atoms in total. The SMILES string of the molecule is CCCCCCCCCCCCCCCCOCCOCCOCCOCCOCCOCCOCCNCCC(=O)[O-].[Na+]. The van der Waals surface area contributed by atoms with Crippen LogP contribution in [0.1, 0.15) is 103 Å². The number of nitrogens with one attached hydrogen (secondary N) is 1. The first-order valence-corrected chi connectivity index (χ1v) is 17.2. The number of hydrogen-bond acceptors (Lipinski definition) is 10. The Morgan fingerprint density at radius 3 is 1.07 bits per heavy atom. The van der Waals surface area contributed by atoms with Crippen LogP contribution in [0.25, 0.3) is 0 Å². The van der Waals surface area contributed by atoms with Crippen molar-refractivity contribution in [2.24, 2.45) is 0 Å². The van der Waals surface area contributed by atoms with Gasteiger partial charge in [0, 0.05) is 25.7 Å². The van der Waals surface area contributed by atoms with Gasteiger partial charge in [0.1, 0.15) is 0 Å². The van der Waals surface area contributed by atoms with Crippen LogP contribution in [0.2, 0.25) is 0 Å². The molecule has 0 aromatic carbocycles. The summed E-state index contributed by atoms with van der Waals surface area (Å²) in [4.78, 5) is 10.3. The van der Waals surface area contributed by atoms with Crippen LogP contribution in [-0.4, -0.2) is 112 Å². The van der Waals surface area contributed by atoms with Gasteiger partial charge < -0.3 is 48.4 Å². The number of aliphatic carboxylic acids is 1. The van der Waals surface area contributed by atoms with Crippen molar-refractivity contribution in [2.45, 2.75) is 103 Å². The topological polar surface area (TPSA) is 117 Å². The van der Waals surface area contributed by atoms with Crippen LogP contribution < -0.4 is 40.0 Å². The molecular weight excluding hydrogens is 577 g/mol. The fourth-order valence-electron chi connectivity index (χ4n) is 4.28. The molecule has 0 saturated heterocycles. The molecule has 0 atom stereocenters. The summed E-state index contributed by atoms with van der Waals surface area (Å²) in [6, 6.07) is 0. The van der Waals surface area contributed by atoms with Crippen molar-refractivity contribution in [3.63, 3.8) is 0 Å². The van der Waals surface area contributed by atoms with Crippen LogP contribution in [0.15, 0.2) is 0 Å². The van der Waals surface area contributed by atoms with Gasteiger partial charge in [0.05, 0.1) is 85.9 Å². The number of ether oxygens (including phenoxy) is 7. The van der Waals surface area contributed by atoms with Crippen molar-refractivity contribution in [3.05, 3.63) is 0 Å². The van der Waals surface area contributed by atoms with Gasteiger partial charge in [0.15, 0.2) is 0 Å². The summed E-state index contributed by atoms with van der Waals surface area (Å²) >= 11 is 0. The molecule has 1 N–H and O–H groups in total. The van der Waals surface area contributed by atoms with Crippen molar-refractivity contribution in [2.75, 3.05) is 106 Å². The molecule has 0 aromatic rings. The average molecular weight is 644 g/mol. The van der Waals surface area contributed by atoms with E-state index in [2.05, 4.69) is 12.2 Å². The second kappa shape index (κ2) is 43.1. The quantitative estimate of drug-likeness (QED) is 0.0777. The van der Waals surface area contributed by atoms with Crippen LogP contribution in [0.3, 0.4) is 0 Å². The molecule has 0 amide bonds. The molecule has 11 heteroatoms. The van der Waals surface area contributed by atoms with Crippen molar-refractivity contribution < 1.29 is 72.6 Å². The number of unbranched alkanes of at least 4 members (excludes halogenated alkanes) is 13. The molecular formula is C33H66NNaO9. The second-order valence-electron chi connectivity index (χ2n) is 10.8. The Morgan fingerprint density at radius 1 is 0.432 bits per heavy atom. The molecule has 0 aliphatic rings. The molecule has 0 saturated carbocycles.